The number of nitrogens with zero attached hydrogens (tertiary/aromatic N) is 1. The van der Waals surface area contributed by atoms with E-state index in [2.05, 4.69) is 10.0 Å². The van der Waals surface area contributed by atoms with Crippen molar-refractivity contribution in [1.29, 1.82) is 0 Å². The summed E-state index contributed by atoms with van der Waals surface area (Å²) in [5.74, 6) is -0.303. The predicted molar refractivity (Wildman–Crippen MR) is 116 cm³/mol. The van der Waals surface area contributed by atoms with Crippen LogP contribution in [0.15, 0.2) is 48.5 Å². The molecule has 8 nitrogen and oxygen atoms in total. The van der Waals surface area contributed by atoms with Gasteiger partial charge in [0.25, 0.3) is 0 Å². The summed E-state index contributed by atoms with van der Waals surface area (Å²) in [6.45, 7) is 4.17. The summed E-state index contributed by atoms with van der Waals surface area (Å²) in [4.78, 5) is 26.8. The van der Waals surface area contributed by atoms with E-state index in [0.29, 0.717) is 29.4 Å². The maximum Gasteiger partial charge on any atom is 0.232 e. The monoisotopic (exact) mass is 431 g/mol. The van der Waals surface area contributed by atoms with Crippen LogP contribution in [0.5, 0.6) is 5.75 Å². The number of sulfonamides is 1. The van der Waals surface area contributed by atoms with Gasteiger partial charge in [0.2, 0.25) is 21.8 Å². The standard InChI is InChI=1S/C21H25N3O5S/c1-3-29-19-8-6-5-7-18(19)24-14-15(13-20(24)25)21(26)22-16-9-11-17(12-10-16)23-30(27,28)4-2/h5-12,15,23H,3-4,13-14H2,1-2H3,(H,22,26). The fourth-order valence-electron chi connectivity index (χ4n) is 3.19. The number of nitrogens with one attached hydrogen (secondary N) is 2. The molecule has 2 amide bonds. The minimum atomic E-state index is -3.36. The van der Waals surface area contributed by atoms with Crippen molar-refractivity contribution in [3.8, 4) is 5.75 Å². The van der Waals surface area contributed by atoms with Gasteiger partial charge in [0, 0.05) is 24.3 Å². The van der Waals surface area contributed by atoms with Gasteiger partial charge in [-0.25, -0.2) is 8.42 Å². The molecule has 30 heavy (non-hydrogen) atoms. The van der Waals surface area contributed by atoms with E-state index >= 15 is 0 Å². The first-order valence-electron chi connectivity index (χ1n) is 9.76. The molecular weight excluding hydrogens is 406 g/mol. The molecule has 0 aliphatic carbocycles. The number of carbonyl (C=O) groups excluding carboxylic acids is 2. The first kappa shape index (κ1) is 21.6. The van der Waals surface area contributed by atoms with Crippen LogP contribution in [-0.2, 0) is 19.6 Å². The molecule has 1 unspecified atom stereocenters. The molecule has 160 valence electrons. The third-order valence-electron chi connectivity index (χ3n) is 4.76. The Kier molecular flexibility index (Phi) is 6.61. The number of anilines is 3. The van der Waals surface area contributed by atoms with Gasteiger partial charge in [-0.1, -0.05) is 12.1 Å². The molecule has 1 aliphatic heterocycles. The Bertz CT molecular complexity index is 1020. The van der Waals surface area contributed by atoms with Gasteiger partial charge in [0.1, 0.15) is 5.75 Å². The van der Waals surface area contributed by atoms with Gasteiger partial charge in [-0.2, -0.15) is 0 Å². The highest BCUT2D eigenvalue weighted by Gasteiger charge is 2.36. The Labute approximate surface area is 176 Å². The zero-order valence-corrected chi connectivity index (χ0v) is 17.7. The Morgan fingerprint density at radius 1 is 1.10 bits per heavy atom. The van der Waals surface area contributed by atoms with Crippen LogP contribution in [0.4, 0.5) is 17.1 Å². The van der Waals surface area contributed by atoms with Crippen LogP contribution in [0.25, 0.3) is 0 Å². The summed E-state index contributed by atoms with van der Waals surface area (Å²) in [6, 6.07) is 13.7. The molecule has 1 atom stereocenters. The first-order valence-corrected chi connectivity index (χ1v) is 11.4. The van der Waals surface area contributed by atoms with Crippen molar-refractivity contribution < 1.29 is 22.7 Å². The smallest absolute Gasteiger partial charge is 0.232 e. The van der Waals surface area contributed by atoms with E-state index in [0.717, 1.165) is 0 Å². The number of benzene rings is 2. The van der Waals surface area contributed by atoms with E-state index in [1.54, 1.807) is 48.2 Å². The lowest BCUT2D eigenvalue weighted by molar-refractivity contribution is -0.122. The van der Waals surface area contributed by atoms with Gasteiger partial charge in [-0.15, -0.1) is 0 Å². The van der Waals surface area contributed by atoms with E-state index < -0.39 is 15.9 Å². The van der Waals surface area contributed by atoms with Crippen molar-refractivity contribution in [3.05, 3.63) is 48.5 Å². The van der Waals surface area contributed by atoms with Crippen molar-refractivity contribution in [3.63, 3.8) is 0 Å². The van der Waals surface area contributed by atoms with Crippen molar-refractivity contribution in [2.75, 3.05) is 33.8 Å². The van der Waals surface area contributed by atoms with Crippen LogP contribution in [0.1, 0.15) is 20.3 Å². The van der Waals surface area contributed by atoms with E-state index in [1.807, 2.05) is 19.1 Å². The van der Waals surface area contributed by atoms with Gasteiger partial charge < -0.3 is 15.0 Å². The lowest BCUT2D eigenvalue weighted by Gasteiger charge is -2.20. The van der Waals surface area contributed by atoms with Crippen molar-refractivity contribution in [1.82, 2.24) is 0 Å². The Morgan fingerprint density at radius 3 is 2.43 bits per heavy atom. The molecule has 0 spiro atoms. The number of amides is 2. The van der Waals surface area contributed by atoms with Gasteiger partial charge in [-0.05, 0) is 50.2 Å². The van der Waals surface area contributed by atoms with Crippen LogP contribution < -0.4 is 19.7 Å². The second kappa shape index (κ2) is 9.17. The summed E-state index contributed by atoms with van der Waals surface area (Å²) in [6.07, 6.45) is 0.112. The highest BCUT2D eigenvalue weighted by Crippen LogP contribution is 2.33. The minimum absolute atomic E-state index is 0.0237. The summed E-state index contributed by atoms with van der Waals surface area (Å²) < 4.78 is 31.3. The number of hydrogen-bond donors (Lipinski definition) is 2. The highest BCUT2D eigenvalue weighted by molar-refractivity contribution is 7.92. The fraction of sp³-hybridized carbons (Fsp3) is 0.333. The quantitative estimate of drug-likeness (QED) is 0.669. The average Bonchev–Trinajstić information content (AvgIpc) is 3.12. The summed E-state index contributed by atoms with van der Waals surface area (Å²) in [7, 11) is -3.36. The maximum absolute atomic E-state index is 12.7. The SMILES string of the molecule is CCOc1ccccc1N1CC(C(=O)Nc2ccc(NS(=O)(=O)CC)cc2)CC1=O. The lowest BCUT2D eigenvalue weighted by atomic mass is 10.1. The fourth-order valence-corrected chi connectivity index (χ4v) is 3.83. The molecule has 3 rings (SSSR count). The third-order valence-corrected chi connectivity index (χ3v) is 6.06. The van der Waals surface area contributed by atoms with E-state index in [1.165, 1.54) is 0 Å². The molecule has 0 aromatic heterocycles. The Balaban J connectivity index is 1.65. The predicted octanol–water partition coefficient (Wildman–Crippen LogP) is 2.84. The first-order chi connectivity index (χ1) is 14.3. The van der Waals surface area contributed by atoms with Crippen LogP contribution in [0.3, 0.4) is 0 Å². The second-order valence-electron chi connectivity index (χ2n) is 6.88. The van der Waals surface area contributed by atoms with Gasteiger partial charge >= 0.3 is 0 Å². The summed E-state index contributed by atoms with van der Waals surface area (Å²) in [5.41, 5.74) is 1.61. The average molecular weight is 432 g/mol. The minimum Gasteiger partial charge on any atom is -0.492 e. The molecule has 2 N–H and O–H groups in total. The molecule has 2 aromatic carbocycles. The zero-order valence-electron chi connectivity index (χ0n) is 16.9. The molecule has 9 heteroatoms. The molecule has 1 fully saturated rings. The lowest BCUT2D eigenvalue weighted by Crippen LogP contribution is -2.28. The van der Waals surface area contributed by atoms with Crippen molar-refractivity contribution >= 4 is 38.9 Å². The van der Waals surface area contributed by atoms with E-state index in [9.17, 15) is 18.0 Å². The van der Waals surface area contributed by atoms with Gasteiger partial charge in [-0.3, -0.25) is 14.3 Å². The van der Waals surface area contributed by atoms with E-state index in [4.69, 9.17) is 4.74 Å². The van der Waals surface area contributed by atoms with Crippen LogP contribution in [-0.4, -0.2) is 39.1 Å². The molecule has 0 bridgehead atoms. The highest BCUT2D eigenvalue weighted by atomic mass is 32.2. The van der Waals surface area contributed by atoms with Crippen LogP contribution in [0.2, 0.25) is 0 Å². The Hall–Kier alpha value is -3.07. The number of carbonyl (C=O) groups is 2. The second-order valence-corrected chi connectivity index (χ2v) is 8.89. The number of hydrogen-bond acceptors (Lipinski definition) is 5. The maximum atomic E-state index is 12.7. The molecule has 2 aromatic rings. The largest absolute Gasteiger partial charge is 0.492 e. The zero-order chi connectivity index (χ0) is 21.7. The third kappa shape index (κ3) is 5.10. The summed E-state index contributed by atoms with van der Waals surface area (Å²) >= 11 is 0. The van der Waals surface area contributed by atoms with Crippen molar-refractivity contribution in [2.45, 2.75) is 20.3 Å². The number of para-hydroxylation sites is 2. The molecule has 1 saturated heterocycles. The topological polar surface area (TPSA) is 105 Å². The van der Waals surface area contributed by atoms with Crippen LogP contribution >= 0.6 is 0 Å². The Morgan fingerprint density at radius 2 is 1.77 bits per heavy atom. The number of rotatable bonds is 8. The molecule has 0 saturated carbocycles. The van der Waals surface area contributed by atoms with E-state index in [-0.39, 0.29) is 30.5 Å². The molecule has 0 radical (unpaired) electrons. The van der Waals surface area contributed by atoms with Crippen molar-refractivity contribution in [2.24, 2.45) is 5.92 Å². The molecule has 1 heterocycles. The summed E-state index contributed by atoms with van der Waals surface area (Å²) in [5, 5.41) is 2.79. The van der Waals surface area contributed by atoms with Gasteiger partial charge in [0.15, 0.2) is 0 Å². The molecular formula is C21H25N3O5S. The van der Waals surface area contributed by atoms with Crippen LogP contribution in [0, 0.1) is 5.92 Å². The normalized spacial score (nSPS) is 16.4. The van der Waals surface area contributed by atoms with Gasteiger partial charge in [0.05, 0.1) is 24.0 Å². The molecule has 1 aliphatic rings. The number of ether oxygens (including phenoxy) is 1.